The van der Waals surface area contributed by atoms with Gasteiger partial charge in [-0.2, -0.15) is 5.10 Å². The van der Waals surface area contributed by atoms with E-state index in [9.17, 15) is 4.79 Å². The highest BCUT2D eigenvalue weighted by atomic mass is 79.9. The van der Waals surface area contributed by atoms with Crippen molar-refractivity contribution in [1.82, 2.24) is 5.43 Å². The molecule has 1 amide bonds. The number of amides is 1. The highest BCUT2D eigenvalue weighted by Gasteiger charge is 2.12. The average molecular weight is 437 g/mol. The van der Waals surface area contributed by atoms with Gasteiger partial charge < -0.3 is 18.9 Å². The zero-order valence-electron chi connectivity index (χ0n) is 15.5. The topological polar surface area (TPSA) is 78.4 Å². The number of rotatable bonds is 8. The van der Waals surface area contributed by atoms with E-state index in [0.29, 0.717) is 35.2 Å². The molecule has 7 nitrogen and oxygen atoms in total. The van der Waals surface area contributed by atoms with Gasteiger partial charge in [0.05, 0.1) is 38.6 Å². The van der Waals surface area contributed by atoms with Crippen LogP contribution in [-0.4, -0.2) is 40.1 Å². The second kappa shape index (κ2) is 9.82. The summed E-state index contributed by atoms with van der Waals surface area (Å²) in [5.74, 6) is 1.83. The number of nitrogens with zero attached hydrogens (tertiary/aromatic N) is 1. The Morgan fingerprint density at radius 2 is 1.81 bits per heavy atom. The van der Waals surface area contributed by atoms with Crippen molar-refractivity contribution in [2.24, 2.45) is 5.10 Å². The minimum atomic E-state index is -0.371. The summed E-state index contributed by atoms with van der Waals surface area (Å²) in [6.07, 6.45) is 1.52. The second-order valence-electron chi connectivity index (χ2n) is 5.24. The molecule has 0 aromatic heterocycles. The molecule has 0 aliphatic carbocycles. The number of hydrogen-bond donors (Lipinski definition) is 1. The van der Waals surface area contributed by atoms with Gasteiger partial charge in [0, 0.05) is 5.56 Å². The van der Waals surface area contributed by atoms with E-state index in [1.807, 2.05) is 13.0 Å². The van der Waals surface area contributed by atoms with E-state index < -0.39 is 0 Å². The molecule has 0 saturated heterocycles. The molecular weight excluding hydrogens is 416 g/mol. The van der Waals surface area contributed by atoms with Crippen LogP contribution < -0.4 is 24.4 Å². The summed E-state index contributed by atoms with van der Waals surface area (Å²) in [6.45, 7) is 2.39. The maximum absolute atomic E-state index is 12.3. The lowest BCUT2D eigenvalue weighted by atomic mass is 10.2. The molecule has 0 bridgehead atoms. The molecule has 2 aromatic rings. The van der Waals surface area contributed by atoms with E-state index in [1.54, 1.807) is 31.4 Å². The van der Waals surface area contributed by atoms with E-state index >= 15 is 0 Å². The molecule has 0 heterocycles. The molecule has 0 aliphatic heterocycles. The molecule has 0 radical (unpaired) electrons. The maximum atomic E-state index is 12.3. The first-order chi connectivity index (χ1) is 13.0. The molecule has 0 spiro atoms. The first kappa shape index (κ1) is 20.6. The Labute approximate surface area is 166 Å². The molecular formula is C19H21BrN2O5. The van der Waals surface area contributed by atoms with Crippen LogP contribution in [0.3, 0.4) is 0 Å². The van der Waals surface area contributed by atoms with Crippen molar-refractivity contribution in [1.29, 1.82) is 0 Å². The molecule has 0 aliphatic rings. The third-order valence-corrected chi connectivity index (χ3v) is 4.15. The molecule has 27 heavy (non-hydrogen) atoms. The van der Waals surface area contributed by atoms with Gasteiger partial charge in [-0.1, -0.05) is 0 Å². The van der Waals surface area contributed by atoms with E-state index in [-0.39, 0.29) is 5.91 Å². The third-order valence-electron chi connectivity index (χ3n) is 3.56. The largest absolute Gasteiger partial charge is 0.493 e. The minimum Gasteiger partial charge on any atom is -0.493 e. The van der Waals surface area contributed by atoms with Gasteiger partial charge in [0.25, 0.3) is 5.91 Å². The molecule has 0 atom stereocenters. The Bertz CT molecular complexity index is 839. The molecule has 144 valence electrons. The van der Waals surface area contributed by atoms with Crippen LogP contribution in [0.5, 0.6) is 23.0 Å². The Morgan fingerprint density at radius 3 is 2.44 bits per heavy atom. The SMILES string of the molecule is CCOc1cc(/C=N/NC(=O)c2ccc(OC)c(OC)c2)cc(Br)c1OC. The maximum Gasteiger partial charge on any atom is 0.271 e. The van der Waals surface area contributed by atoms with Crippen molar-refractivity contribution in [3.63, 3.8) is 0 Å². The highest BCUT2D eigenvalue weighted by Crippen LogP contribution is 2.36. The number of carbonyl (C=O) groups excluding carboxylic acids is 1. The summed E-state index contributed by atoms with van der Waals surface area (Å²) in [6, 6.07) is 8.46. The molecule has 0 unspecified atom stereocenters. The summed E-state index contributed by atoms with van der Waals surface area (Å²) in [7, 11) is 4.61. The highest BCUT2D eigenvalue weighted by molar-refractivity contribution is 9.10. The van der Waals surface area contributed by atoms with E-state index in [4.69, 9.17) is 18.9 Å². The van der Waals surface area contributed by atoms with Crippen LogP contribution in [0, 0.1) is 0 Å². The lowest BCUT2D eigenvalue weighted by Crippen LogP contribution is -2.17. The number of methoxy groups -OCH3 is 3. The van der Waals surface area contributed by atoms with Crippen LogP contribution in [0.25, 0.3) is 0 Å². The summed E-state index contributed by atoms with van der Waals surface area (Å²) in [4.78, 5) is 12.3. The fraction of sp³-hybridized carbons (Fsp3) is 0.263. The summed E-state index contributed by atoms with van der Waals surface area (Å²) in [5.41, 5.74) is 3.62. The minimum absolute atomic E-state index is 0.371. The van der Waals surface area contributed by atoms with Crippen LogP contribution in [0.4, 0.5) is 0 Å². The number of hydrazone groups is 1. The Kier molecular flexibility index (Phi) is 7.48. The molecule has 2 aromatic carbocycles. The van der Waals surface area contributed by atoms with Crippen molar-refractivity contribution in [2.75, 3.05) is 27.9 Å². The van der Waals surface area contributed by atoms with Crippen LogP contribution in [0.2, 0.25) is 0 Å². The van der Waals surface area contributed by atoms with Crippen LogP contribution >= 0.6 is 15.9 Å². The number of nitrogens with one attached hydrogen (secondary N) is 1. The first-order valence-corrected chi connectivity index (χ1v) is 8.89. The van der Waals surface area contributed by atoms with Crippen LogP contribution in [0.1, 0.15) is 22.8 Å². The molecule has 2 rings (SSSR count). The van der Waals surface area contributed by atoms with Gasteiger partial charge in [-0.3, -0.25) is 4.79 Å². The van der Waals surface area contributed by atoms with Gasteiger partial charge in [-0.25, -0.2) is 5.43 Å². The summed E-state index contributed by atoms with van der Waals surface area (Å²) >= 11 is 3.44. The van der Waals surface area contributed by atoms with Crippen molar-refractivity contribution in [3.05, 3.63) is 45.9 Å². The van der Waals surface area contributed by atoms with Gasteiger partial charge >= 0.3 is 0 Å². The molecule has 0 saturated carbocycles. The molecule has 1 N–H and O–H groups in total. The summed E-state index contributed by atoms with van der Waals surface area (Å²) in [5, 5.41) is 4.00. The van der Waals surface area contributed by atoms with Crippen molar-refractivity contribution >= 4 is 28.1 Å². The smallest absolute Gasteiger partial charge is 0.271 e. The second-order valence-corrected chi connectivity index (χ2v) is 6.09. The van der Waals surface area contributed by atoms with Crippen LogP contribution in [0.15, 0.2) is 39.9 Å². The lowest BCUT2D eigenvalue weighted by molar-refractivity contribution is 0.0954. The zero-order valence-corrected chi connectivity index (χ0v) is 17.1. The molecule has 8 heteroatoms. The third kappa shape index (κ3) is 5.13. The fourth-order valence-corrected chi connectivity index (χ4v) is 2.95. The number of benzene rings is 2. The predicted octanol–water partition coefficient (Wildman–Crippen LogP) is 3.64. The predicted molar refractivity (Wildman–Crippen MR) is 106 cm³/mol. The Hall–Kier alpha value is -2.74. The number of ether oxygens (including phenoxy) is 4. The fourth-order valence-electron chi connectivity index (χ4n) is 2.33. The van der Waals surface area contributed by atoms with Crippen molar-refractivity contribution < 1.29 is 23.7 Å². The average Bonchev–Trinajstić information content (AvgIpc) is 2.67. The summed E-state index contributed by atoms with van der Waals surface area (Å²) < 4.78 is 22.0. The Balaban J connectivity index is 2.14. The zero-order chi connectivity index (χ0) is 19.8. The van der Waals surface area contributed by atoms with Gasteiger partial charge in [0.1, 0.15) is 0 Å². The first-order valence-electron chi connectivity index (χ1n) is 8.09. The standard InChI is InChI=1S/C19H21BrN2O5/c1-5-27-17-9-12(8-14(20)18(17)26-4)11-21-22-19(23)13-6-7-15(24-2)16(10-13)25-3/h6-11H,5H2,1-4H3,(H,22,23)/b21-11+. The van der Waals surface area contributed by atoms with E-state index in [2.05, 4.69) is 26.5 Å². The van der Waals surface area contributed by atoms with E-state index in [1.165, 1.54) is 20.4 Å². The normalized spacial score (nSPS) is 10.6. The van der Waals surface area contributed by atoms with Crippen molar-refractivity contribution in [3.8, 4) is 23.0 Å². The van der Waals surface area contributed by atoms with Crippen molar-refractivity contribution in [2.45, 2.75) is 6.92 Å². The quantitative estimate of drug-likeness (QED) is 0.504. The number of carbonyl (C=O) groups is 1. The Morgan fingerprint density at radius 1 is 1.07 bits per heavy atom. The van der Waals surface area contributed by atoms with Crippen LogP contribution in [-0.2, 0) is 0 Å². The molecule has 0 fully saturated rings. The van der Waals surface area contributed by atoms with Gasteiger partial charge in [0.2, 0.25) is 0 Å². The van der Waals surface area contributed by atoms with Gasteiger partial charge in [0.15, 0.2) is 23.0 Å². The van der Waals surface area contributed by atoms with Gasteiger partial charge in [-0.15, -0.1) is 0 Å². The van der Waals surface area contributed by atoms with Gasteiger partial charge in [-0.05, 0) is 58.7 Å². The lowest BCUT2D eigenvalue weighted by Gasteiger charge is -2.11. The number of hydrogen-bond acceptors (Lipinski definition) is 6. The monoisotopic (exact) mass is 436 g/mol. The van der Waals surface area contributed by atoms with E-state index in [0.717, 1.165) is 10.0 Å². The number of halogens is 1.